The van der Waals surface area contributed by atoms with Crippen molar-refractivity contribution < 1.29 is 4.79 Å². The third-order valence-corrected chi connectivity index (χ3v) is 7.08. The molecule has 124 valence electrons. The van der Waals surface area contributed by atoms with Crippen molar-refractivity contribution in [3.8, 4) is 0 Å². The van der Waals surface area contributed by atoms with Crippen molar-refractivity contribution in [2.24, 2.45) is 17.3 Å². The molecule has 2 atom stereocenters. The van der Waals surface area contributed by atoms with Gasteiger partial charge in [-0.3, -0.25) is 4.79 Å². The normalized spacial score (nSPS) is 35.0. The predicted molar refractivity (Wildman–Crippen MR) is 88.6 cm³/mol. The lowest BCUT2D eigenvalue weighted by atomic mass is 9.84. The minimum atomic E-state index is 0.376. The first-order valence-corrected chi connectivity index (χ1v) is 9.80. The fraction of sp³-hybridized carbons (Fsp3) is 0.947. The molecule has 2 saturated carbocycles. The minimum absolute atomic E-state index is 0.376. The summed E-state index contributed by atoms with van der Waals surface area (Å²) in [7, 11) is 0. The second kappa shape index (κ2) is 6.14. The smallest absolute Gasteiger partial charge is 0.226 e. The van der Waals surface area contributed by atoms with Crippen LogP contribution in [0.5, 0.6) is 0 Å². The minimum Gasteiger partial charge on any atom is -0.339 e. The number of rotatable bonds is 3. The maximum absolute atomic E-state index is 13.0. The summed E-state index contributed by atoms with van der Waals surface area (Å²) in [5, 5.41) is 3.45. The van der Waals surface area contributed by atoms with E-state index in [9.17, 15) is 4.79 Å². The Bertz CT molecular complexity index is 410. The summed E-state index contributed by atoms with van der Waals surface area (Å²) in [5.74, 6) is 1.81. The number of carbonyl (C=O) groups is 1. The van der Waals surface area contributed by atoms with Crippen LogP contribution in [0, 0.1) is 17.3 Å². The third-order valence-electron chi connectivity index (χ3n) is 7.08. The van der Waals surface area contributed by atoms with Crippen LogP contribution in [0.1, 0.15) is 70.6 Å². The van der Waals surface area contributed by atoms with Gasteiger partial charge in [0.1, 0.15) is 0 Å². The molecule has 0 radical (unpaired) electrons. The molecule has 3 nitrogen and oxygen atoms in total. The Morgan fingerprint density at radius 1 is 1.05 bits per heavy atom. The van der Waals surface area contributed by atoms with Crippen molar-refractivity contribution in [3.05, 3.63) is 0 Å². The summed E-state index contributed by atoms with van der Waals surface area (Å²) in [6, 6.07) is 0.579. The van der Waals surface area contributed by atoms with Gasteiger partial charge in [-0.15, -0.1) is 0 Å². The highest BCUT2D eigenvalue weighted by Gasteiger charge is 2.59. The summed E-state index contributed by atoms with van der Waals surface area (Å²) in [6.07, 6.45) is 14.5. The Kier molecular flexibility index (Phi) is 4.19. The van der Waals surface area contributed by atoms with E-state index in [0.29, 0.717) is 23.3 Å². The highest BCUT2D eigenvalue weighted by atomic mass is 16.2. The van der Waals surface area contributed by atoms with Crippen LogP contribution in [0.25, 0.3) is 0 Å². The highest BCUT2D eigenvalue weighted by Crippen LogP contribution is 2.59. The first-order chi connectivity index (χ1) is 10.8. The number of likely N-dealkylation sites (tertiary alicyclic amines) is 1. The van der Waals surface area contributed by atoms with Gasteiger partial charge in [-0.05, 0) is 62.9 Å². The lowest BCUT2D eigenvalue weighted by molar-refractivity contribution is -0.134. The Labute approximate surface area is 135 Å². The topological polar surface area (TPSA) is 32.3 Å². The average Bonchev–Trinajstić information content (AvgIpc) is 3.04. The molecule has 2 aliphatic carbocycles. The molecule has 3 heteroatoms. The van der Waals surface area contributed by atoms with Gasteiger partial charge in [-0.25, -0.2) is 0 Å². The molecule has 4 fully saturated rings. The molecule has 0 aromatic carbocycles. The van der Waals surface area contributed by atoms with E-state index < -0.39 is 0 Å². The maximum atomic E-state index is 13.0. The number of hydrogen-bond donors (Lipinski definition) is 1. The van der Waals surface area contributed by atoms with Crippen molar-refractivity contribution >= 4 is 5.91 Å². The average molecular weight is 304 g/mol. The standard InChI is InChI=1S/C19H32N2O/c22-18(17-14-19(17)8-10-20-11-9-19)21-12-4-7-16(21)13-15-5-2-1-3-6-15/h15-17,20H,1-14H2. The Balaban J connectivity index is 1.35. The van der Waals surface area contributed by atoms with E-state index in [-0.39, 0.29) is 0 Å². The maximum Gasteiger partial charge on any atom is 0.226 e. The van der Waals surface area contributed by atoms with Crippen LogP contribution in [-0.4, -0.2) is 36.5 Å². The quantitative estimate of drug-likeness (QED) is 0.867. The van der Waals surface area contributed by atoms with E-state index in [1.807, 2.05) is 0 Å². The van der Waals surface area contributed by atoms with Crippen LogP contribution in [0.3, 0.4) is 0 Å². The summed E-state index contributed by atoms with van der Waals surface area (Å²) in [6.45, 7) is 3.28. The molecular formula is C19H32N2O. The lowest BCUT2D eigenvalue weighted by Gasteiger charge is -2.31. The van der Waals surface area contributed by atoms with Crippen molar-refractivity contribution in [3.63, 3.8) is 0 Å². The second-order valence-electron chi connectivity index (χ2n) is 8.44. The summed E-state index contributed by atoms with van der Waals surface area (Å²) in [5.41, 5.74) is 0.403. The van der Waals surface area contributed by atoms with Crippen LogP contribution >= 0.6 is 0 Å². The zero-order chi connectivity index (χ0) is 15.0. The summed E-state index contributed by atoms with van der Waals surface area (Å²) >= 11 is 0. The molecular weight excluding hydrogens is 272 g/mol. The van der Waals surface area contributed by atoms with Gasteiger partial charge in [0.25, 0.3) is 0 Å². The third kappa shape index (κ3) is 2.81. The molecule has 0 bridgehead atoms. The van der Waals surface area contributed by atoms with E-state index in [1.165, 1.54) is 70.6 Å². The van der Waals surface area contributed by atoms with Crippen molar-refractivity contribution in [2.45, 2.75) is 76.7 Å². The highest BCUT2D eigenvalue weighted by molar-refractivity contribution is 5.83. The zero-order valence-electron chi connectivity index (χ0n) is 14.0. The number of nitrogens with one attached hydrogen (secondary N) is 1. The molecule has 2 aliphatic heterocycles. The van der Waals surface area contributed by atoms with E-state index >= 15 is 0 Å². The second-order valence-corrected chi connectivity index (χ2v) is 8.44. The molecule has 0 aromatic heterocycles. The fourth-order valence-corrected chi connectivity index (χ4v) is 5.55. The van der Waals surface area contributed by atoms with Crippen LogP contribution in [0.4, 0.5) is 0 Å². The fourth-order valence-electron chi connectivity index (χ4n) is 5.55. The van der Waals surface area contributed by atoms with Crippen LogP contribution in [-0.2, 0) is 4.79 Å². The predicted octanol–water partition coefficient (Wildman–Crippen LogP) is 3.34. The van der Waals surface area contributed by atoms with E-state index in [4.69, 9.17) is 0 Å². The van der Waals surface area contributed by atoms with Crippen LogP contribution < -0.4 is 5.32 Å². The largest absolute Gasteiger partial charge is 0.339 e. The van der Waals surface area contributed by atoms with Gasteiger partial charge in [-0.2, -0.15) is 0 Å². The molecule has 4 rings (SSSR count). The monoisotopic (exact) mass is 304 g/mol. The number of carbonyl (C=O) groups excluding carboxylic acids is 1. The van der Waals surface area contributed by atoms with Gasteiger partial charge in [0, 0.05) is 18.5 Å². The number of piperidine rings is 1. The molecule has 2 heterocycles. The van der Waals surface area contributed by atoms with Crippen molar-refractivity contribution in [2.75, 3.05) is 19.6 Å². The van der Waals surface area contributed by atoms with Crippen molar-refractivity contribution in [1.82, 2.24) is 10.2 Å². The van der Waals surface area contributed by atoms with Crippen LogP contribution in [0.15, 0.2) is 0 Å². The van der Waals surface area contributed by atoms with Crippen molar-refractivity contribution in [1.29, 1.82) is 0 Å². The summed E-state index contributed by atoms with van der Waals surface area (Å²) in [4.78, 5) is 15.4. The zero-order valence-corrected chi connectivity index (χ0v) is 14.0. The van der Waals surface area contributed by atoms with Gasteiger partial charge < -0.3 is 10.2 Å². The molecule has 1 amide bonds. The molecule has 2 unspecified atom stereocenters. The van der Waals surface area contributed by atoms with E-state index in [2.05, 4.69) is 10.2 Å². The van der Waals surface area contributed by atoms with Gasteiger partial charge in [-0.1, -0.05) is 32.1 Å². The van der Waals surface area contributed by atoms with Crippen LogP contribution in [0.2, 0.25) is 0 Å². The first-order valence-electron chi connectivity index (χ1n) is 9.80. The molecule has 22 heavy (non-hydrogen) atoms. The summed E-state index contributed by atoms with van der Waals surface area (Å²) < 4.78 is 0. The Hall–Kier alpha value is -0.570. The van der Waals surface area contributed by atoms with Gasteiger partial charge in [0.15, 0.2) is 0 Å². The Morgan fingerprint density at radius 2 is 1.82 bits per heavy atom. The van der Waals surface area contributed by atoms with Gasteiger partial charge in [0.05, 0.1) is 0 Å². The molecule has 1 spiro atoms. The first kappa shape index (κ1) is 15.0. The molecule has 4 aliphatic rings. The number of nitrogens with zero attached hydrogens (tertiary/aromatic N) is 1. The van der Waals surface area contributed by atoms with E-state index in [0.717, 1.165) is 25.6 Å². The lowest BCUT2D eigenvalue weighted by Crippen LogP contribution is -2.40. The molecule has 0 aromatic rings. The van der Waals surface area contributed by atoms with Gasteiger partial charge in [0.2, 0.25) is 5.91 Å². The SMILES string of the molecule is O=C(C1CC12CCNCC2)N1CCCC1CC1CCCCC1. The molecule has 2 saturated heterocycles. The Morgan fingerprint density at radius 3 is 2.59 bits per heavy atom. The van der Waals surface area contributed by atoms with E-state index in [1.54, 1.807) is 0 Å². The van der Waals surface area contributed by atoms with Gasteiger partial charge >= 0.3 is 0 Å². The molecule has 1 N–H and O–H groups in total. The number of hydrogen-bond acceptors (Lipinski definition) is 2. The number of amides is 1.